The van der Waals surface area contributed by atoms with Gasteiger partial charge < -0.3 is 5.11 Å². The molecule has 1 aromatic carbocycles. The lowest BCUT2D eigenvalue weighted by atomic mass is 9.77. The highest BCUT2D eigenvalue weighted by atomic mass is 16.2. The van der Waals surface area contributed by atoms with Crippen LogP contribution in [0.25, 0.3) is 0 Å². The van der Waals surface area contributed by atoms with E-state index >= 15 is 0 Å². The van der Waals surface area contributed by atoms with Crippen molar-refractivity contribution in [3.8, 4) is 0 Å². The molecule has 18 heavy (non-hydrogen) atoms. The van der Waals surface area contributed by atoms with Crippen LogP contribution in [0.5, 0.6) is 0 Å². The van der Waals surface area contributed by atoms with E-state index < -0.39 is 0 Å². The maximum absolute atomic E-state index is 8.91. The third-order valence-corrected chi connectivity index (χ3v) is 4.20. The standard InChI is InChI=1S/C17H24O/c1-2-3-14-4-8-16(9-5-14)17-10-6-15(7-11-17)12-13-18/h2,6-7,10-11,14,16,18H,1,3-5,8-9,12-13H2. The zero-order chi connectivity index (χ0) is 12.8. The second-order valence-electron chi connectivity index (χ2n) is 5.46. The van der Waals surface area contributed by atoms with Crippen LogP contribution in [0.15, 0.2) is 36.9 Å². The van der Waals surface area contributed by atoms with Gasteiger partial charge in [-0.15, -0.1) is 6.58 Å². The van der Waals surface area contributed by atoms with Gasteiger partial charge >= 0.3 is 0 Å². The molecule has 1 aliphatic rings. The van der Waals surface area contributed by atoms with Gasteiger partial charge in [0.05, 0.1) is 0 Å². The fraction of sp³-hybridized carbons (Fsp3) is 0.529. The Labute approximate surface area is 111 Å². The largest absolute Gasteiger partial charge is 0.396 e. The Morgan fingerprint density at radius 1 is 1.11 bits per heavy atom. The maximum atomic E-state index is 8.91. The fourth-order valence-electron chi connectivity index (χ4n) is 3.05. The van der Waals surface area contributed by atoms with Gasteiger partial charge in [0.2, 0.25) is 0 Å². The summed E-state index contributed by atoms with van der Waals surface area (Å²) in [5, 5.41) is 8.91. The first kappa shape index (κ1) is 13.4. The molecule has 98 valence electrons. The monoisotopic (exact) mass is 244 g/mol. The molecule has 1 saturated carbocycles. The summed E-state index contributed by atoms with van der Waals surface area (Å²) in [7, 11) is 0. The first-order chi connectivity index (χ1) is 8.83. The van der Waals surface area contributed by atoms with E-state index in [1.165, 1.54) is 43.2 Å². The van der Waals surface area contributed by atoms with Crippen LogP contribution in [0.3, 0.4) is 0 Å². The van der Waals surface area contributed by atoms with Crippen molar-refractivity contribution in [2.24, 2.45) is 5.92 Å². The summed E-state index contributed by atoms with van der Waals surface area (Å²) in [6.45, 7) is 4.08. The third-order valence-electron chi connectivity index (χ3n) is 4.20. The highest BCUT2D eigenvalue weighted by Gasteiger charge is 2.21. The van der Waals surface area contributed by atoms with Crippen LogP contribution in [0.1, 0.15) is 49.1 Å². The van der Waals surface area contributed by atoms with E-state index in [2.05, 4.69) is 36.9 Å². The van der Waals surface area contributed by atoms with E-state index in [1.807, 2.05) is 0 Å². The molecule has 2 rings (SSSR count). The molecule has 0 aliphatic heterocycles. The van der Waals surface area contributed by atoms with Crippen LogP contribution < -0.4 is 0 Å². The quantitative estimate of drug-likeness (QED) is 0.774. The predicted molar refractivity (Wildman–Crippen MR) is 76.7 cm³/mol. The molecule has 1 fully saturated rings. The number of hydrogen-bond donors (Lipinski definition) is 1. The van der Waals surface area contributed by atoms with E-state index in [-0.39, 0.29) is 6.61 Å². The Bertz CT molecular complexity index is 358. The first-order valence-corrected chi connectivity index (χ1v) is 7.14. The fourth-order valence-corrected chi connectivity index (χ4v) is 3.05. The minimum Gasteiger partial charge on any atom is -0.396 e. The number of hydrogen-bond acceptors (Lipinski definition) is 1. The predicted octanol–water partition coefficient (Wildman–Crippen LogP) is 4.07. The van der Waals surface area contributed by atoms with E-state index in [0.717, 1.165) is 18.3 Å². The highest BCUT2D eigenvalue weighted by molar-refractivity contribution is 5.26. The summed E-state index contributed by atoms with van der Waals surface area (Å²) >= 11 is 0. The second-order valence-corrected chi connectivity index (χ2v) is 5.46. The molecule has 0 radical (unpaired) electrons. The van der Waals surface area contributed by atoms with Crippen LogP contribution in [0.2, 0.25) is 0 Å². The summed E-state index contributed by atoms with van der Waals surface area (Å²) in [6, 6.07) is 8.84. The van der Waals surface area contributed by atoms with Gasteiger partial charge in [-0.05, 0) is 61.5 Å². The summed E-state index contributed by atoms with van der Waals surface area (Å²) in [6.07, 6.45) is 9.34. The summed E-state index contributed by atoms with van der Waals surface area (Å²) in [5.74, 6) is 1.61. The van der Waals surface area contributed by atoms with Crippen molar-refractivity contribution in [2.45, 2.75) is 44.4 Å². The molecule has 1 aromatic rings. The van der Waals surface area contributed by atoms with Crippen LogP contribution in [-0.2, 0) is 6.42 Å². The minimum atomic E-state index is 0.242. The molecule has 0 atom stereocenters. The Balaban J connectivity index is 1.90. The van der Waals surface area contributed by atoms with Crippen LogP contribution in [-0.4, -0.2) is 11.7 Å². The van der Waals surface area contributed by atoms with Gasteiger partial charge in [0.15, 0.2) is 0 Å². The lowest BCUT2D eigenvalue weighted by Gasteiger charge is -2.28. The van der Waals surface area contributed by atoms with Gasteiger partial charge in [0.1, 0.15) is 0 Å². The van der Waals surface area contributed by atoms with Gasteiger partial charge in [-0.25, -0.2) is 0 Å². The Kier molecular flexibility index (Phi) is 5.00. The molecular formula is C17H24O. The molecule has 1 nitrogen and oxygen atoms in total. The van der Waals surface area contributed by atoms with E-state index in [1.54, 1.807) is 0 Å². The number of rotatable bonds is 5. The van der Waals surface area contributed by atoms with Crippen molar-refractivity contribution in [1.82, 2.24) is 0 Å². The summed E-state index contributed by atoms with van der Waals surface area (Å²) in [5.41, 5.74) is 2.72. The minimum absolute atomic E-state index is 0.242. The molecular weight excluding hydrogens is 220 g/mol. The molecule has 0 amide bonds. The average molecular weight is 244 g/mol. The molecule has 1 N–H and O–H groups in total. The number of benzene rings is 1. The molecule has 0 unspecified atom stereocenters. The van der Waals surface area contributed by atoms with Crippen molar-refractivity contribution in [1.29, 1.82) is 0 Å². The Hall–Kier alpha value is -1.08. The van der Waals surface area contributed by atoms with Gasteiger partial charge in [-0.2, -0.15) is 0 Å². The topological polar surface area (TPSA) is 20.2 Å². The molecule has 0 bridgehead atoms. The Morgan fingerprint density at radius 2 is 1.78 bits per heavy atom. The van der Waals surface area contributed by atoms with Crippen LogP contribution in [0.4, 0.5) is 0 Å². The normalized spacial score (nSPS) is 23.8. The first-order valence-electron chi connectivity index (χ1n) is 7.14. The van der Waals surface area contributed by atoms with Gasteiger partial charge in [0, 0.05) is 6.61 Å². The Morgan fingerprint density at radius 3 is 2.33 bits per heavy atom. The highest BCUT2D eigenvalue weighted by Crippen LogP contribution is 2.37. The van der Waals surface area contributed by atoms with Crippen molar-refractivity contribution >= 4 is 0 Å². The number of aliphatic hydroxyl groups excluding tert-OH is 1. The van der Waals surface area contributed by atoms with Gasteiger partial charge in [-0.3, -0.25) is 0 Å². The van der Waals surface area contributed by atoms with Crippen molar-refractivity contribution < 1.29 is 5.11 Å². The van der Waals surface area contributed by atoms with E-state index in [0.29, 0.717) is 0 Å². The van der Waals surface area contributed by atoms with Crippen LogP contribution in [0, 0.1) is 5.92 Å². The zero-order valence-electron chi connectivity index (χ0n) is 11.1. The van der Waals surface area contributed by atoms with Gasteiger partial charge in [-0.1, -0.05) is 30.3 Å². The van der Waals surface area contributed by atoms with Crippen molar-refractivity contribution in [2.75, 3.05) is 6.61 Å². The molecule has 0 saturated heterocycles. The average Bonchev–Trinajstić information content (AvgIpc) is 2.41. The molecule has 1 heteroatoms. The van der Waals surface area contributed by atoms with E-state index in [4.69, 9.17) is 5.11 Å². The lowest BCUT2D eigenvalue weighted by molar-refractivity contribution is 0.299. The molecule has 0 aromatic heterocycles. The maximum Gasteiger partial charge on any atom is 0.0471 e. The summed E-state index contributed by atoms with van der Waals surface area (Å²) < 4.78 is 0. The van der Waals surface area contributed by atoms with Gasteiger partial charge in [0.25, 0.3) is 0 Å². The number of aliphatic hydroxyl groups is 1. The van der Waals surface area contributed by atoms with Crippen molar-refractivity contribution in [3.05, 3.63) is 48.0 Å². The smallest absolute Gasteiger partial charge is 0.0471 e. The zero-order valence-corrected chi connectivity index (χ0v) is 11.1. The second kappa shape index (κ2) is 6.75. The van der Waals surface area contributed by atoms with Crippen molar-refractivity contribution in [3.63, 3.8) is 0 Å². The third kappa shape index (κ3) is 3.46. The lowest BCUT2D eigenvalue weighted by Crippen LogP contribution is -2.12. The summed E-state index contributed by atoms with van der Waals surface area (Å²) in [4.78, 5) is 0. The van der Waals surface area contributed by atoms with E-state index in [9.17, 15) is 0 Å². The molecule has 0 heterocycles. The molecule has 0 spiro atoms. The number of allylic oxidation sites excluding steroid dienone is 1. The van der Waals surface area contributed by atoms with Crippen LogP contribution >= 0.6 is 0 Å². The SMILES string of the molecule is C=CCC1CCC(c2ccc(CCO)cc2)CC1. The molecule has 1 aliphatic carbocycles.